The van der Waals surface area contributed by atoms with Gasteiger partial charge in [-0.05, 0) is 45.2 Å². The molecule has 1 radical (unpaired) electrons. The summed E-state index contributed by atoms with van der Waals surface area (Å²) in [6.07, 6.45) is 10.9. The Balaban J connectivity index is 1.80. The molecule has 1 nitrogen and oxygen atoms in total. The van der Waals surface area contributed by atoms with Gasteiger partial charge in [-0.25, -0.2) is 0 Å². The van der Waals surface area contributed by atoms with E-state index in [1.54, 1.807) is 0 Å². The summed E-state index contributed by atoms with van der Waals surface area (Å²) in [5.74, 6) is 0. The second-order valence-electron chi connectivity index (χ2n) is 3.86. The zero-order valence-corrected chi connectivity index (χ0v) is 7.26. The molecule has 0 aromatic carbocycles. The molecular weight excluding hydrogens is 134 g/mol. The van der Waals surface area contributed by atoms with Gasteiger partial charge in [0.15, 0.2) is 0 Å². The fourth-order valence-corrected chi connectivity index (χ4v) is 2.07. The second-order valence-corrected chi connectivity index (χ2v) is 3.86. The van der Waals surface area contributed by atoms with Gasteiger partial charge in [0.1, 0.15) is 0 Å². The Hall–Kier alpha value is -0.0400. The second kappa shape index (κ2) is 3.57. The fourth-order valence-electron chi connectivity index (χ4n) is 2.07. The van der Waals surface area contributed by atoms with Crippen molar-refractivity contribution in [3.05, 3.63) is 6.42 Å². The Labute approximate surface area is 69.8 Å². The van der Waals surface area contributed by atoms with E-state index < -0.39 is 0 Å². The largest absolute Gasteiger partial charge is 0.300 e. The molecule has 2 rings (SSSR count). The van der Waals surface area contributed by atoms with Gasteiger partial charge in [-0.2, -0.15) is 0 Å². The van der Waals surface area contributed by atoms with Crippen LogP contribution in [0, 0.1) is 6.42 Å². The zero-order valence-electron chi connectivity index (χ0n) is 7.26. The smallest absolute Gasteiger partial charge is 0.0101 e. The highest BCUT2D eigenvalue weighted by molar-refractivity contribution is 4.92. The van der Waals surface area contributed by atoms with Crippen molar-refractivity contribution in [2.24, 2.45) is 0 Å². The van der Waals surface area contributed by atoms with Crippen molar-refractivity contribution < 1.29 is 0 Å². The van der Waals surface area contributed by atoms with Crippen molar-refractivity contribution in [2.45, 2.75) is 44.6 Å². The van der Waals surface area contributed by atoms with E-state index in [1.165, 1.54) is 51.6 Å². The molecular formula is C10H18N. The molecule has 0 N–H and O–H groups in total. The normalized spacial score (nSPS) is 29.5. The molecule has 2 aliphatic rings. The number of likely N-dealkylation sites (tertiary alicyclic amines) is 1. The molecule has 1 heterocycles. The third kappa shape index (κ3) is 1.76. The summed E-state index contributed by atoms with van der Waals surface area (Å²) in [5, 5.41) is 0. The van der Waals surface area contributed by atoms with Crippen LogP contribution in [0.3, 0.4) is 0 Å². The molecule has 1 heteroatoms. The lowest BCUT2D eigenvalue weighted by Gasteiger charge is -2.36. The minimum atomic E-state index is 0.938. The maximum absolute atomic E-state index is 2.70. The summed E-state index contributed by atoms with van der Waals surface area (Å²) >= 11 is 0. The first-order valence-electron chi connectivity index (χ1n) is 5.02. The van der Waals surface area contributed by atoms with Crippen LogP contribution in [0.25, 0.3) is 0 Å². The van der Waals surface area contributed by atoms with E-state index in [4.69, 9.17) is 0 Å². The van der Waals surface area contributed by atoms with Gasteiger partial charge in [-0.3, -0.25) is 0 Å². The molecule has 2 fully saturated rings. The summed E-state index contributed by atoms with van der Waals surface area (Å²) in [6, 6.07) is 0.938. The number of hydrogen-bond acceptors (Lipinski definition) is 1. The first-order valence-corrected chi connectivity index (χ1v) is 5.02. The van der Waals surface area contributed by atoms with Crippen LogP contribution < -0.4 is 0 Å². The van der Waals surface area contributed by atoms with Gasteiger partial charge in [0.2, 0.25) is 0 Å². The minimum absolute atomic E-state index is 0.938. The van der Waals surface area contributed by atoms with E-state index in [0.717, 1.165) is 6.04 Å². The summed E-state index contributed by atoms with van der Waals surface area (Å²) in [7, 11) is 0. The van der Waals surface area contributed by atoms with Gasteiger partial charge in [0.05, 0.1) is 0 Å². The zero-order chi connectivity index (χ0) is 7.52. The molecule has 0 spiro atoms. The maximum atomic E-state index is 2.70. The Morgan fingerprint density at radius 1 is 0.909 bits per heavy atom. The van der Waals surface area contributed by atoms with Crippen LogP contribution in [0.4, 0.5) is 0 Å². The van der Waals surface area contributed by atoms with E-state index in [2.05, 4.69) is 11.3 Å². The SMILES string of the molecule is [CH]1CC(N2CCCCCC2)C1. The molecule has 1 aliphatic carbocycles. The summed E-state index contributed by atoms with van der Waals surface area (Å²) in [6.45, 7) is 2.75. The molecule has 63 valence electrons. The Kier molecular flexibility index (Phi) is 2.47. The Morgan fingerprint density at radius 3 is 2.00 bits per heavy atom. The van der Waals surface area contributed by atoms with E-state index in [0.29, 0.717) is 0 Å². The lowest BCUT2D eigenvalue weighted by atomic mass is 9.91. The van der Waals surface area contributed by atoms with Gasteiger partial charge in [0.25, 0.3) is 0 Å². The van der Waals surface area contributed by atoms with Crippen LogP contribution in [0.2, 0.25) is 0 Å². The van der Waals surface area contributed by atoms with Crippen LogP contribution in [-0.2, 0) is 0 Å². The van der Waals surface area contributed by atoms with E-state index in [1.807, 2.05) is 0 Å². The Morgan fingerprint density at radius 2 is 1.55 bits per heavy atom. The molecule has 11 heavy (non-hydrogen) atoms. The van der Waals surface area contributed by atoms with Gasteiger partial charge in [-0.1, -0.05) is 12.8 Å². The van der Waals surface area contributed by atoms with E-state index >= 15 is 0 Å². The first kappa shape index (κ1) is 7.60. The maximum Gasteiger partial charge on any atom is 0.0101 e. The highest BCUT2D eigenvalue weighted by Crippen LogP contribution is 2.25. The highest BCUT2D eigenvalue weighted by Gasteiger charge is 2.24. The molecule has 1 saturated heterocycles. The van der Waals surface area contributed by atoms with Crippen LogP contribution in [0.5, 0.6) is 0 Å². The van der Waals surface area contributed by atoms with Crippen LogP contribution in [0.15, 0.2) is 0 Å². The average Bonchev–Trinajstić information content (AvgIpc) is 2.12. The van der Waals surface area contributed by atoms with Crippen molar-refractivity contribution in [1.29, 1.82) is 0 Å². The van der Waals surface area contributed by atoms with Gasteiger partial charge < -0.3 is 4.90 Å². The summed E-state index contributed by atoms with van der Waals surface area (Å²) in [4.78, 5) is 2.70. The molecule has 1 saturated carbocycles. The average molecular weight is 152 g/mol. The molecule has 0 unspecified atom stereocenters. The predicted octanol–water partition coefficient (Wildman–Crippen LogP) is 2.23. The molecule has 0 atom stereocenters. The standard InChI is InChI=1S/C10H18N/c1-2-4-9-11(8-3-1)10-6-5-7-10/h5,10H,1-4,6-9H2. The van der Waals surface area contributed by atoms with Gasteiger partial charge in [0, 0.05) is 6.04 Å². The molecule has 0 bridgehead atoms. The predicted molar refractivity (Wildman–Crippen MR) is 47.4 cm³/mol. The highest BCUT2D eigenvalue weighted by atomic mass is 15.2. The van der Waals surface area contributed by atoms with Crippen molar-refractivity contribution in [2.75, 3.05) is 13.1 Å². The summed E-state index contributed by atoms with van der Waals surface area (Å²) < 4.78 is 0. The van der Waals surface area contributed by atoms with E-state index in [9.17, 15) is 0 Å². The lowest BCUT2D eigenvalue weighted by molar-refractivity contribution is 0.165. The van der Waals surface area contributed by atoms with Crippen molar-refractivity contribution in [3.63, 3.8) is 0 Å². The molecule has 0 aromatic rings. The minimum Gasteiger partial charge on any atom is -0.300 e. The summed E-state index contributed by atoms with van der Waals surface area (Å²) in [5.41, 5.74) is 0. The fraction of sp³-hybridized carbons (Fsp3) is 0.900. The number of rotatable bonds is 1. The molecule has 1 aliphatic heterocycles. The van der Waals surface area contributed by atoms with Gasteiger partial charge >= 0.3 is 0 Å². The van der Waals surface area contributed by atoms with Crippen molar-refractivity contribution >= 4 is 0 Å². The van der Waals surface area contributed by atoms with Crippen LogP contribution >= 0.6 is 0 Å². The molecule has 0 aromatic heterocycles. The molecule has 0 amide bonds. The van der Waals surface area contributed by atoms with Crippen LogP contribution in [0.1, 0.15) is 38.5 Å². The lowest BCUT2D eigenvalue weighted by Crippen LogP contribution is -2.40. The topological polar surface area (TPSA) is 3.24 Å². The third-order valence-electron chi connectivity index (χ3n) is 3.03. The van der Waals surface area contributed by atoms with Crippen molar-refractivity contribution in [1.82, 2.24) is 4.90 Å². The van der Waals surface area contributed by atoms with Crippen LogP contribution in [-0.4, -0.2) is 24.0 Å². The monoisotopic (exact) mass is 152 g/mol. The van der Waals surface area contributed by atoms with E-state index in [-0.39, 0.29) is 0 Å². The number of nitrogens with zero attached hydrogens (tertiary/aromatic N) is 1. The Bertz CT molecular complexity index is 110. The van der Waals surface area contributed by atoms with Gasteiger partial charge in [-0.15, -0.1) is 0 Å². The third-order valence-corrected chi connectivity index (χ3v) is 3.03. The van der Waals surface area contributed by atoms with Crippen molar-refractivity contribution in [3.8, 4) is 0 Å². The first-order chi connectivity index (χ1) is 5.47. The quantitative estimate of drug-likeness (QED) is 0.557. The number of hydrogen-bond donors (Lipinski definition) is 0.